The maximum atomic E-state index is 11.0. The van der Waals surface area contributed by atoms with E-state index in [9.17, 15) is 9.59 Å². The molecule has 5 nitrogen and oxygen atoms in total. The fourth-order valence-electron chi connectivity index (χ4n) is 0.842. The SMILES string of the molecule is CCNC(=O)C(=O)NCCCOCC. The minimum absolute atomic E-state index is 0.463. The lowest BCUT2D eigenvalue weighted by molar-refractivity contribution is -0.139. The van der Waals surface area contributed by atoms with Crippen molar-refractivity contribution in [2.75, 3.05) is 26.3 Å². The van der Waals surface area contributed by atoms with Crippen molar-refractivity contribution in [1.82, 2.24) is 10.6 Å². The maximum Gasteiger partial charge on any atom is 0.309 e. The van der Waals surface area contributed by atoms with Gasteiger partial charge in [0.05, 0.1) is 0 Å². The molecule has 2 N–H and O–H groups in total. The second-order valence-corrected chi connectivity index (χ2v) is 2.67. The first-order valence-corrected chi connectivity index (χ1v) is 4.86. The van der Waals surface area contributed by atoms with E-state index in [2.05, 4.69) is 10.6 Å². The second kappa shape index (κ2) is 8.50. The summed E-state index contributed by atoms with van der Waals surface area (Å²) in [4.78, 5) is 21.9. The molecule has 5 heteroatoms. The summed E-state index contributed by atoms with van der Waals surface area (Å²) in [7, 11) is 0. The Kier molecular flexibility index (Phi) is 7.83. The fraction of sp³-hybridized carbons (Fsp3) is 0.778. The zero-order valence-corrected chi connectivity index (χ0v) is 8.76. The van der Waals surface area contributed by atoms with E-state index in [1.165, 1.54) is 0 Å². The van der Waals surface area contributed by atoms with Gasteiger partial charge in [-0.25, -0.2) is 0 Å². The summed E-state index contributed by atoms with van der Waals surface area (Å²) >= 11 is 0. The highest BCUT2D eigenvalue weighted by Crippen LogP contribution is 1.80. The molecule has 0 atom stereocenters. The average Bonchev–Trinajstić information content (AvgIpc) is 2.17. The largest absolute Gasteiger partial charge is 0.382 e. The van der Waals surface area contributed by atoms with Gasteiger partial charge in [-0.3, -0.25) is 9.59 Å². The van der Waals surface area contributed by atoms with E-state index in [0.717, 1.165) is 6.42 Å². The Morgan fingerprint density at radius 2 is 1.79 bits per heavy atom. The highest BCUT2D eigenvalue weighted by Gasteiger charge is 2.10. The number of hydrogen-bond acceptors (Lipinski definition) is 3. The first-order valence-electron chi connectivity index (χ1n) is 4.86. The van der Waals surface area contributed by atoms with Gasteiger partial charge in [0.2, 0.25) is 0 Å². The molecule has 0 fully saturated rings. The molecule has 0 rings (SSSR count). The zero-order valence-electron chi connectivity index (χ0n) is 8.76. The molecule has 0 aliphatic heterocycles. The van der Waals surface area contributed by atoms with Crippen LogP contribution in [0.1, 0.15) is 20.3 Å². The quantitative estimate of drug-likeness (QED) is 0.457. The first-order chi connectivity index (χ1) is 6.72. The summed E-state index contributed by atoms with van der Waals surface area (Å²) in [6.07, 6.45) is 0.721. The molecule has 14 heavy (non-hydrogen) atoms. The van der Waals surface area contributed by atoms with E-state index in [4.69, 9.17) is 4.74 Å². The third-order valence-electron chi connectivity index (χ3n) is 1.50. The second-order valence-electron chi connectivity index (χ2n) is 2.67. The molecule has 0 aliphatic carbocycles. The summed E-state index contributed by atoms with van der Waals surface area (Å²) in [5.74, 6) is -1.16. The van der Waals surface area contributed by atoms with Crippen molar-refractivity contribution in [3.8, 4) is 0 Å². The Morgan fingerprint density at radius 3 is 2.36 bits per heavy atom. The van der Waals surface area contributed by atoms with E-state index in [-0.39, 0.29) is 0 Å². The standard InChI is InChI=1S/C9H18N2O3/c1-3-10-8(12)9(13)11-6-5-7-14-4-2/h3-7H2,1-2H3,(H,10,12)(H,11,13). The predicted molar refractivity (Wildman–Crippen MR) is 52.8 cm³/mol. The molecular formula is C9H18N2O3. The molecule has 0 aliphatic rings. The van der Waals surface area contributed by atoms with Crippen LogP contribution in [0.15, 0.2) is 0 Å². The maximum absolute atomic E-state index is 11.0. The fourth-order valence-corrected chi connectivity index (χ4v) is 0.842. The van der Waals surface area contributed by atoms with Gasteiger partial charge < -0.3 is 15.4 Å². The summed E-state index contributed by atoms with van der Waals surface area (Å²) in [5, 5.41) is 4.91. The van der Waals surface area contributed by atoms with Crippen molar-refractivity contribution >= 4 is 11.8 Å². The van der Waals surface area contributed by atoms with Crippen LogP contribution in [-0.2, 0) is 14.3 Å². The number of likely N-dealkylation sites (N-methyl/N-ethyl adjacent to an activating group) is 1. The number of amides is 2. The highest BCUT2D eigenvalue weighted by molar-refractivity contribution is 6.35. The van der Waals surface area contributed by atoms with Gasteiger partial charge in [0, 0.05) is 26.3 Å². The van der Waals surface area contributed by atoms with Gasteiger partial charge in [0.25, 0.3) is 0 Å². The van der Waals surface area contributed by atoms with Crippen LogP contribution in [0.5, 0.6) is 0 Å². The van der Waals surface area contributed by atoms with E-state index in [1.54, 1.807) is 6.92 Å². The smallest absolute Gasteiger partial charge is 0.309 e. The van der Waals surface area contributed by atoms with Crippen molar-refractivity contribution in [3.05, 3.63) is 0 Å². The van der Waals surface area contributed by atoms with Crippen molar-refractivity contribution in [2.24, 2.45) is 0 Å². The minimum atomic E-state index is -0.580. The van der Waals surface area contributed by atoms with Gasteiger partial charge >= 0.3 is 11.8 Å². The first kappa shape index (κ1) is 12.9. The van der Waals surface area contributed by atoms with Crippen LogP contribution in [0.25, 0.3) is 0 Å². The van der Waals surface area contributed by atoms with Gasteiger partial charge in [-0.15, -0.1) is 0 Å². The zero-order chi connectivity index (χ0) is 10.8. The number of ether oxygens (including phenoxy) is 1. The molecule has 0 radical (unpaired) electrons. The van der Waals surface area contributed by atoms with Gasteiger partial charge in [-0.1, -0.05) is 0 Å². The van der Waals surface area contributed by atoms with Crippen LogP contribution in [0.2, 0.25) is 0 Å². The monoisotopic (exact) mass is 202 g/mol. The van der Waals surface area contributed by atoms with E-state index >= 15 is 0 Å². The number of carbonyl (C=O) groups excluding carboxylic acids is 2. The normalized spacial score (nSPS) is 9.57. The predicted octanol–water partition coefficient (Wildman–Crippen LogP) is -0.335. The summed E-state index contributed by atoms with van der Waals surface area (Å²) < 4.78 is 5.07. The Bertz CT molecular complexity index is 183. The van der Waals surface area contributed by atoms with Crippen molar-refractivity contribution < 1.29 is 14.3 Å². The van der Waals surface area contributed by atoms with Gasteiger partial charge in [-0.05, 0) is 20.3 Å². The lowest BCUT2D eigenvalue weighted by Crippen LogP contribution is -2.40. The lowest BCUT2D eigenvalue weighted by atomic mass is 10.4. The molecular weight excluding hydrogens is 184 g/mol. The molecule has 0 heterocycles. The summed E-state index contributed by atoms with van der Waals surface area (Å²) in [6, 6.07) is 0. The Balaban J connectivity index is 3.39. The van der Waals surface area contributed by atoms with E-state index in [1.807, 2.05) is 6.92 Å². The van der Waals surface area contributed by atoms with E-state index < -0.39 is 11.8 Å². The van der Waals surface area contributed by atoms with Crippen molar-refractivity contribution in [1.29, 1.82) is 0 Å². The van der Waals surface area contributed by atoms with Crippen molar-refractivity contribution in [2.45, 2.75) is 20.3 Å². The van der Waals surface area contributed by atoms with E-state index in [0.29, 0.717) is 26.3 Å². The molecule has 2 amide bonds. The number of rotatable bonds is 6. The molecule has 0 saturated heterocycles. The van der Waals surface area contributed by atoms with Crippen LogP contribution in [0, 0.1) is 0 Å². The lowest BCUT2D eigenvalue weighted by Gasteiger charge is -2.04. The van der Waals surface area contributed by atoms with Gasteiger partial charge in [0.1, 0.15) is 0 Å². The highest BCUT2D eigenvalue weighted by atomic mass is 16.5. The molecule has 0 spiro atoms. The third kappa shape index (κ3) is 6.42. The van der Waals surface area contributed by atoms with Crippen LogP contribution in [-0.4, -0.2) is 38.1 Å². The van der Waals surface area contributed by atoms with Crippen LogP contribution in [0.3, 0.4) is 0 Å². The van der Waals surface area contributed by atoms with Crippen LogP contribution >= 0.6 is 0 Å². The molecule has 0 aromatic rings. The summed E-state index contributed by atoms with van der Waals surface area (Å²) in [6.45, 7) is 5.88. The van der Waals surface area contributed by atoms with Crippen molar-refractivity contribution in [3.63, 3.8) is 0 Å². The molecule has 82 valence electrons. The number of carbonyl (C=O) groups is 2. The average molecular weight is 202 g/mol. The molecule has 0 saturated carbocycles. The van der Waals surface area contributed by atoms with Crippen LogP contribution < -0.4 is 10.6 Å². The molecule has 0 aromatic carbocycles. The van der Waals surface area contributed by atoms with Gasteiger partial charge in [-0.2, -0.15) is 0 Å². The van der Waals surface area contributed by atoms with Crippen LogP contribution in [0.4, 0.5) is 0 Å². The topological polar surface area (TPSA) is 67.4 Å². The summed E-state index contributed by atoms with van der Waals surface area (Å²) in [5.41, 5.74) is 0. The Labute approximate surface area is 84.2 Å². The Morgan fingerprint density at radius 1 is 1.14 bits per heavy atom. The molecule has 0 aromatic heterocycles. The molecule has 0 bridgehead atoms. The number of nitrogens with one attached hydrogen (secondary N) is 2. The minimum Gasteiger partial charge on any atom is -0.382 e. The number of hydrogen-bond donors (Lipinski definition) is 2. The third-order valence-corrected chi connectivity index (χ3v) is 1.50. The van der Waals surface area contributed by atoms with Gasteiger partial charge in [0.15, 0.2) is 0 Å². The molecule has 0 unspecified atom stereocenters. The Hall–Kier alpha value is -1.10.